The van der Waals surface area contributed by atoms with Crippen molar-refractivity contribution in [2.45, 2.75) is 31.8 Å². The van der Waals surface area contributed by atoms with Gasteiger partial charge in [-0.25, -0.2) is 0 Å². The Hall–Kier alpha value is -2.52. The van der Waals surface area contributed by atoms with E-state index in [1.807, 2.05) is 12.1 Å². The monoisotopic (exact) mass is 416 g/mol. The lowest BCUT2D eigenvalue weighted by atomic mass is 9.96. The molecule has 2 saturated heterocycles. The fourth-order valence-electron chi connectivity index (χ4n) is 3.65. The third kappa shape index (κ3) is 5.10. The first kappa shape index (κ1) is 19.8. The van der Waals surface area contributed by atoms with Gasteiger partial charge in [-0.1, -0.05) is 11.3 Å². The second kappa shape index (κ2) is 9.32. The molecule has 0 radical (unpaired) electrons. The molecule has 2 aromatic rings. The van der Waals surface area contributed by atoms with E-state index in [2.05, 4.69) is 15.5 Å². The zero-order valence-corrected chi connectivity index (χ0v) is 16.9. The molecule has 2 fully saturated rings. The van der Waals surface area contributed by atoms with Crippen molar-refractivity contribution in [2.75, 3.05) is 31.6 Å². The number of carbonyl (C=O) groups is 2. The van der Waals surface area contributed by atoms with Gasteiger partial charge in [-0.3, -0.25) is 9.59 Å². The van der Waals surface area contributed by atoms with Crippen molar-refractivity contribution in [1.82, 2.24) is 15.1 Å². The van der Waals surface area contributed by atoms with Gasteiger partial charge in [0.1, 0.15) is 17.9 Å². The van der Waals surface area contributed by atoms with Crippen LogP contribution in [0.3, 0.4) is 0 Å². The van der Waals surface area contributed by atoms with Crippen molar-refractivity contribution in [3.63, 3.8) is 0 Å². The number of ether oxygens (including phenoxy) is 2. The van der Waals surface area contributed by atoms with Crippen LogP contribution in [0.25, 0.3) is 0 Å². The van der Waals surface area contributed by atoms with Gasteiger partial charge in [0.15, 0.2) is 0 Å². The van der Waals surface area contributed by atoms with Gasteiger partial charge in [-0.2, -0.15) is 0 Å². The molecule has 0 saturated carbocycles. The summed E-state index contributed by atoms with van der Waals surface area (Å²) >= 11 is 1.28. The van der Waals surface area contributed by atoms with Crippen LogP contribution < -0.4 is 10.1 Å². The zero-order valence-electron chi connectivity index (χ0n) is 16.1. The third-order valence-corrected chi connectivity index (χ3v) is 5.84. The molecule has 2 aliphatic rings. The molecule has 1 aromatic carbocycles. The Morgan fingerprint density at radius 1 is 1.24 bits per heavy atom. The zero-order chi connectivity index (χ0) is 20.1. The Morgan fingerprint density at radius 2 is 2.10 bits per heavy atom. The van der Waals surface area contributed by atoms with E-state index < -0.39 is 0 Å². The normalized spacial score (nSPS) is 21.7. The average Bonchev–Trinajstić information content (AvgIpc) is 3.46. The van der Waals surface area contributed by atoms with E-state index in [1.54, 1.807) is 22.5 Å². The van der Waals surface area contributed by atoms with Crippen LogP contribution in [0, 0.1) is 5.92 Å². The number of nitrogens with one attached hydrogen (secondary N) is 1. The lowest BCUT2D eigenvalue weighted by Crippen LogP contribution is -2.43. The minimum Gasteiger partial charge on any atom is -0.491 e. The number of benzene rings is 1. The topological polar surface area (TPSA) is 93.7 Å². The number of nitrogens with zero attached hydrogens (tertiary/aromatic N) is 3. The summed E-state index contributed by atoms with van der Waals surface area (Å²) in [5.74, 6) is 0.303. The number of anilines is 1. The molecule has 29 heavy (non-hydrogen) atoms. The Morgan fingerprint density at radius 3 is 2.83 bits per heavy atom. The van der Waals surface area contributed by atoms with E-state index in [9.17, 15) is 9.59 Å². The van der Waals surface area contributed by atoms with Crippen LogP contribution in [-0.4, -0.2) is 59.3 Å². The Bertz CT molecular complexity index is 822. The molecule has 0 unspecified atom stereocenters. The first-order valence-electron chi connectivity index (χ1n) is 9.90. The van der Waals surface area contributed by atoms with Gasteiger partial charge in [0.25, 0.3) is 5.91 Å². The van der Waals surface area contributed by atoms with Crippen molar-refractivity contribution >= 4 is 28.3 Å². The molecule has 1 N–H and O–H groups in total. The molecule has 2 aliphatic heterocycles. The quantitative estimate of drug-likeness (QED) is 0.778. The number of piperidine rings is 1. The van der Waals surface area contributed by atoms with Gasteiger partial charge in [0.05, 0.1) is 12.0 Å². The molecule has 3 heterocycles. The van der Waals surface area contributed by atoms with E-state index in [1.165, 1.54) is 11.3 Å². The predicted molar refractivity (Wildman–Crippen MR) is 108 cm³/mol. The van der Waals surface area contributed by atoms with Crippen LogP contribution >= 0.6 is 11.3 Å². The highest BCUT2D eigenvalue weighted by atomic mass is 32.1. The van der Waals surface area contributed by atoms with Crippen LogP contribution in [0.2, 0.25) is 0 Å². The van der Waals surface area contributed by atoms with Crippen molar-refractivity contribution in [3.05, 3.63) is 35.3 Å². The number of aromatic nitrogens is 2. The maximum absolute atomic E-state index is 12.9. The summed E-state index contributed by atoms with van der Waals surface area (Å²) in [6, 6.07) is 7.17. The highest BCUT2D eigenvalue weighted by Gasteiger charge is 2.29. The molecule has 0 bridgehead atoms. The lowest BCUT2D eigenvalue weighted by Gasteiger charge is -2.32. The largest absolute Gasteiger partial charge is 0.491 e. The summed E-state index contributed by atoms with van der Waals surface area (Å²) in [4.78, 5) is 27.1. The van der Waals surface area contributed by atoms with Crippen molar-refractivity contribution < 1.29 is 19.1 Å². The smallest absolute Gasteiger partial charge is 0.253 e. The van der Waals surface area contributed by atoms with Gasteiger partial charge < -0.3 is 19.7 Å². The van der Waals surface area contributed by atoms with Crippen LogP contribution in [0.4, 0.5) is 5.13 Å². The molecule has 8 nitrogen and oxygen atoms in total. The van der Waals surface area contributed by atoms with Gasteiger partial charge in [-0.15, -0.1) is 10.2 Å². The second-order valence-corrected chi connectivity index (χ2v) is 8.13. The van der Waals surface area contributed by atoms with Gasteiger partial charge in [0, 0.05) is 25.3 Å². The van der Waals surface area contributed by atoms with Crippen LogP contribution in [0.5, 0.6) is 5.75 Å². The molecular weight excluding hydrogens is 392 g/mol. The predicted octanol–water partition coefficient (Wildman–Crippen LogP) is 2.59. The first-order chi connectivity index (χ1) is 14.2. The molecule has 0 spiro atoms. The van der Waals surface area contributed by atoms with Crippen LogP contribution in [0.15, 0.2) is 29.8 Å². The fraction of sp³-hybridized carbons (Fsp3) is 0.500. The maximum atomic E-state index is 12.9. The summed E-state index contributed by atoms with van der Waals surface area (Å²) in [5, 5.41) is 10.8. The maximum Gasteiger partial charge on any atom is 0.253 e. The summed E-state index contributed by atoms with van der Waals surface area (Å²) in [6.07, 6.45) is 3.82. The van der Waals surface area contributed by atoms with E-state index >= 15 is 0 Å². The molecular formula is C20H24N4O4S. The SMILES string of the molecule is O=C(Nc1nncs1)[C@H]1CCCN(C(=O)c2ccc(OC[C@@H]3CCCO3)cc2)C1. The number of carbonyl (C=O) groups excluding carboxylic acids is 2. The molecule has 1 aromatic heterocycles. The number of amides is 2. The first-order valence-corrected chi connectivity index (χ1v) is 10.8. The standard InChI is InChI=1S/C20H24N4O4S/c25-18(22-20-23-21-13-29-20)15-3-1-9-24(11-15)19(26)14-5-7-16(8-6-14)28-12-17-4-2-10-27-17/h5-8,13,15,17H,1-4,9-12H2,(H,22,23,25)/t15-,17-/m0/s1. The van der Waals surface area contributed by atoms with Gasteiger partial charge in [0.2, 0.25) is 11.0 Å². The molecule has 154 valence electrons. The minimum absolute atomic E-state index is 0.0657. The van der Waals surface area contributed by atoms with Crippen molar-refractivity contribution in [2.24, 2.45) is 5.92 Å². The lowest BCUT2D eigenvalue weighted by molar-refractivity contribution is -0.121. The Balaban J connectivity index is 1.31. The molecule has 4 rings (SSSR count). The highest BCUT2D eigenvalue weighted by Crippen LogP contribution is 2.22. The molecule has 2 amide bonds. The number of hydrogen-bond acceptors (Lipinski definition) is 7. The summed E-state index contributed by atoms with van der Waals surface area (Å²) in [5.41, 5.74) is 2.17. The van der Waals surface area contributed by atoms with E-state index in [0.717, 1.165) is 38.0 Å². The third-order valence-electron chi connectivity index (χ3n) is 5.23. The number of hydrogen-bond donors (Lipinski definition) is 1. The number of likely N-dealkylation sites (tertiary alicyclic amines) is 1. The summed E-state index contributed by atoms with van der Waals surface area (Å²) < 4.78 is 11.3. The van der Waals surface area contributed by atoms with Crippen molar-refractivity contribution in [3.8, 4) is 5.75 Å². The number of rotatable bonds is 6. The summed E-state index contributed by atoms with van der Waals surface area (Å²) in [6.45, 7) is 2.39. The fourth-order valence-corrected chi connectivity index (χ4v) is 4.10. The van der Waals surface area contributed by atoms with Gasteiger partial charge in [-0.05, 0) is 49.9 Å². The van der Waals surface area contributed by atoms with E-state index in [-0.39, 0.29) is 23.8 Å². The Labute approximate surface area is 173 Å². The molecule has 9 heteroatoms. The van der Waals surface area contributed by atoms with Gasteiger partial charge >= 0.3 is 0 Å². The molecule has 0 aliphatic carbocycles. The summed E-state index contributed by atoms with van der Waals surface area (Å²) in [7, 11) is 0. The highest BCUT2D eigenvalue weighted by molar-refractivity contribution is 7.13. The van der Waals surface area contributed by atoms with Crippen molar-refractivity contribution in [1.29, 1.82) is 0 Å². The second-order valence-electron chi connectivity index (χ2n) is 7.29. The van der Waals surface area contributed by atoms with E-state index in [4.69, 9.17) is 9.47 Å². The Kier molecular flexibility index (Phi) is 6.36. The van der Waals surface area contributed by atoms with Crippen LogP contribution in [0.1, 0.15) is 36.0 Å². The average molecular weight is 417 g/mol. The molecule has 2 atom stereocenters. The van der Waals surface area contributed by atoms with E-state index in [0.29, 0.717) is 30.4 Å². The minimum atomic E-state index is -0.245. The van der Waals surface area contributed by atoms with Crippen LogP contribution in [-0.2, 0) is 9.53 Å².